The molecular weight excluding hydrogens is 184 g/mol. The molecule has 3 heteroatoms. The quantitative estimate of drug-likeness (QED) is 0.545. The van der Waals surface area contributed by atoms with E-state index in [1.54, 1.807) is 18.4 Å². The maximum absolute atomic E-state index is 11.3. The summed E-state index contributed by atoms with van der Waals surface area (Å²) in [4.78, 5) is 22.1. The van der Waals surface area contributed by atoms with Crippen molar-refractivity contribution in [1.82, 2.24) is 0 Å². The van der Waals surface area contributed by atoms with Crippen LogP contribution in [0.25, 0.3) is 0 Å². The second kappa shape index (κ2) is 4.72. The van der Waals surface area contributed by atoms with Gasteiger partial charge in [-0.15, -0.1) is 0 Å². The number of rotatable bonds is 4. The van der Waals surface area contributed by atoms with Crippen LogP contribution in [0.15, 0.2) is 29.0 Å². The summed E-state index contributed by atoms with van der Waals surface area (Å²) < 4.78 is 0. The molecular formula is C10H10O2S. The van der Waals surface area contributed by atoms with Crippen LogP contribution in [-0.2, 0) is 4.79 Å². The Morgan fingerprint density at radius 1 is 1.46 bits per heavy atom. The average molecular weight is 194 g/mol. The lowest BCUT2D eigenvalue weighted by Crippen LogP contribution is -1.94. The first-order chi connectivity index (χ1) is 6.24. The molecule has 0 aliphatic carbocycles. The van der Waals surface area contributed by atoms with E-state index in [9.17, 15) is 9.59 Å². The molecule has 0 aliphatic heterocycles. The molecule has 0 radical (unpaired) electrons. The fourth-order valence-corrected chi connectivity index (χ4v) is 1.43. The number of carbonyl (C=O) groups is 2. The first kappa shape index (κ1) is 9.86. The maximum Gasteiger partial charge on any atom is 0.186 e. The minimum atomic E-state index is -0.108. The standard InChI is InChI=1S/C10H10O2S/c1-2-9(11)3-4-10(12)8-5-6-13-7-8/h3-7H,2H2,1H3/b4-3-. The van der Waals surface area contributed by atoms with E-state index < -0.39 is 0 Å². The molecule has 1 rings (SSSR count). The van der Waals surface area contributed by atoms with Gasteiger partial charge in [0, 0.05) is 17.4 Å². The van der Waals surface area contributed by atoms with Crippen LogP contribution in [0.5, 0.6) is 0 Å². The van der Waals surface area contributed by atoms with Crippen LogP contribution >= 0.6 is 11.3 Å². The smallest absolute Gasteiger partial charge is 0.186 e. The number of allylic oxidation sites excluding steroid dienone is 2. The van der Waals surface area contributed by atoms with Crippen LogP contribution in [0.2, 0.25) is 0 Å². The van der Waals surface area contributed by atoms with Crippen molar-refractivity contribution in [2.45, 2.75) is 13.3 Å². The maximum atomic E-state index is 11.3. The molecule has 0 bridgehead atoms. The first-order valence-electron chi connectivity index (χ1n) is 4.01. The van der Waals surface area contributed by atoms with E-state index in [2.05, 4.69) is 0 Å². The normalized spacial score (nSPS) is 10.5. The zero-order valence-electron chi connectivity index (χ0n) is 7.32. The van der Waals surface area contributed by atoms with E-state index in [4.69, 9.17) is 0 Å². The lowest BCUT2D eigenvalue weighted by Gasteiger charge is -1.87. The second-order valence-electron chi connectivity index (χ2n) is 2.53. The van der Waals surface area contributed by atoms with E-state index in [-0.39, 0.29) is 11.6 Å². The molecule has 1 aromatic rings. The average Bonchev–Trinajstić information content (AvgIpc) is 2.66. The fourth-order valence-electron chi connectivity index (χ4n) is 0.787. The van der Waals surface area contributed by atoms with E-state index in [0.29, 0.717) is 12.0 Å². The Labute approximate surface area is 80.9 Å². The summed E-state index contributed by atoms with van der Waals surface area (Å²) in [6.45, 7) is 1.77. The van der Waals surface area contributed by atoms with E-state index in [0.717, 1.165) is 0 Å². The van der Waals surface area contributed by atoms with Gasteiger partial charge in [0.1, 0.15) is 0 Å². The fraction of sp³-hybridized carbons (Fsp3) is 0.200. The van der Waals surface area contributed by atoms with Crippen LogP contribution in [0.1, 0.15) is 23.7 Å². The molecule has 0 saturated carbocycles. The molecule has 0 fully saturated rings. The van der Waals surface area contributed by atoms with Crippen LogP contribution < -0.4 is 0 Å². The number of ketones is 2. The van der Waals surface area contributed by atoms with Gasteiger partial charge in [-0.1, -0.05) is 6.92 Å². The molecule has 1 aromatic heterocycles. The van der Waals surface area contributed by atoms with Crippen molar-refractivity contribution in [3.8, 4) is 0 Å². The highest BCUT2D eigenvalue weighted by atomic mass is 32.1. The number of hydrogen-bond donors (Lipinski definition) is 0. The van der Waals surface area contributed by atoms with Gasteiger partial charge in [0.2, 0.25) is 0 Å². The summed E-state index contributed by atoms with van der Waals surface area (Å²) in [5.41, 5.74) is 0.644. The van der Waals surface area contributed by atoms with Gasteiger partial charge in [-0.3, -0.25) is 9.59 Å². The molecule has 0 amide bonds. The van der Waals surface area contributed by atoms with Crippen molar-refractivity contribution in [3.63, 3.8) is 0 Å². The van der Waals surface area contributed by atoms with Crippen molar-refractivity contribution in [1.29, 1.82) is 0 Å². The van der Waals surface area contributed by atoms with Crippen LogP contribution in [-0.4, -0.2) is 11.6 Å². The summed E-state index contributed by atoms with van der Waals surface area (Å²) >= 11 is 1.47. The Bertz CT molecular complexity index is 323. The third kappa shape index (κ3) is 2.95. The van der Waals surface area contributed by atoms with Gasteiger partial charge in [0.25, 0.3) is 0 Å². The summed E-state index contributed by atoms with van der Waals surface area (Å²) in [7, 11) is 0. The first-order valence-corrected chi connectivity index (χ1v) is 4.95. The Morgan fingerprint density at radius 3 is 2.77 bits per heavy atom. The van der Waals surface area contributed by atoms with Gasteiger partial charge in [0.15, 0.2) is 11.6 Å². The Morgan fingerprint density at radius 2 is 2.23 bits per heavy atom. The molecule has 0 unspecified atom stereocenters. The molecule has 0 aromatic carbocycles. The predicted molar refractivity (Wildman–Crippen MR) is 53.1 cm³/mol. The zero-order chi connectivity index (χ0) is 9.68. The monoisotopic (exact) mass is 194 g/mol. The highest BCUT2D eigenvalue weighted by Gasteiger charge is 2.01. The van der Waals surface area contributed by atoms with Gasteiger partial charge in [0.05, 0.1) is 0 Å². The van der Waals surface area contributed by atoms with Crippen molar-refractivity contribution >= 4 is 22.9 Å². The zero-order valence-corrected chi connectivity index (χ0v) is 8.14. The van der Waals surface area contributed by atoms with Crippen molar-refractivity contribution < 1.29 is 9.59 Å². The van der Waals surface area contributed by atoms with Crippen molar-refractivity contribution in [3.05, 3.63) is 34.5 Å². The number of hydrogen-bond acceptors (Lipinski definition) is 3. The predicted octanol–water partition coefficient (Wildman–Crippen LogP) is 2.47. The molecule has 68 valence electrons. The van der Waals surface area contributed by atoms with Gasteiger partial charge >= 0.3 is 0 Å². The highest BCUT2D eigenvalue weighted by Crippen LogP contribution is 2.07. The topological polar surface area (TPSA) is 34.1 Å². The van der Waals surface area contributed by atoms with Crippen LogP contribution in [0, 0.1) is 0 Å². The molecule has 2 nitrogen and oxygen atoms in total. The Hall–Kier alpha value is -1.22. The molecule has 0 saturated heterocycles. The van der Waals surface area contributed by atoms with E-state index >= 15 is 0 Å². The minimum Gasteiger partial charge on any atom is -0.295 e. The SMILES string of the molecule is CCC(=O)/C=C\C(=O)c1ccsc1. The third-order valence-corrected chi connectivity index (χ3v) is 2.26. The van der Waals surface area contributed by atoms with Gasteiger partial charge in [-0.25, -0.2) is 0 Å². The summed E-state index contributed by atoms with van der Waals surface area (Å²) in [5, 5.41) is 3.60. The summed E-state index contributed by atoms with van der Waals surface area (Å²) in [6, 6.07) is 1.74. The van der Waals surface area contributed by atoms with Crippen molar-refractivity contribution in [2.24, 2.45) is 0 Å². The Balaban J connectivity index is 2.61. The molecule has 1 heterocycles. The lowest BCUT2D eigenvalue weighted by atomic mass is 10.2. The van der Waals surface area contributed by atoms with Gasteiger partial charge in [-0.05, 0) is 23.6 Å². The molecule has 0 atom stereocenters. The second-order valence-corrected chi connectivity index (χ2v) is 3.31. The lowest BCUT2D eigenvalue weighted by molar-refractivity contribution is -0.114. The summed E-state index contributed by atoms with van der Waals surface area (Å²) in [6.07, 6.45) is 3.10. The molecule has 13 heavy (non-hydrogen) atoms. The number of thiophene rings is 1. The van der Waals surface area contributed by atoms with Gasteiger partial charge in [-0.2, -0.15) is 11.3 Å². The molecule has 0 aliphatic rings. The highest BCUT2D eigenvalue weighted by molar-refractivity contribution is 7.08. The van der Waals surface area contributed by atoms with E-state index in [1.807, 2.05) is 5.38 Å². The Kier molecular flexibility index (Phi) is 3.58. The number of carbonyl (C=O) groups excluding carboxylic acids is 2. The van der Waals surface area contributed by atoms with Crippen LogP contribution in [0.3, 0.4) is 0 Å². The van der Waals surface area contributed by atoms with E-state index in [1.165, 1.54) is 23.5 Å². The molecule has 0 spiro atoms. The minimum absolute atomic E-state index is 0.0245. The van der Waals surface area contributed by atoms with Crippen molar-refractivity contribution in [2.75, 3.05) is 0 Å². The largest absolute Gasteiger partial charge is 0.295 e. The van der Waals surface area contributed by atoms with Gasteiger partial charge < -0.3 is 0 Å². The summed E-state index contributed by atoms with van der Waals surface area (Å²) in [5.74, 6) is -0.133. The van der Waals surface area contributed by atoms with Crippen LogP contribution in [0.4, 0.5) is 0 Å². The molecule has 0 N–H and O–H groups in total. The third-order valence-electron chi connectivity index (χ3n) is 1.57.